The van der Waals surface area contributed by atoms with Crippen molar-refractivity contribution in [2.45, 2.75) is 20.3 Å². The minimum atomic E-state index is -0.160. The summed E-state index contributed by atoms with van der Waals surface area (Å²) >= 11 is 1.72. The van der Waals surface area contributed by atoms with E-state index in [2.05, 4.69) is 25.1 Å². The smallest absolute Gasteiger partial charge is 0.310 e. The van der Waals surface area contributed by atoms with E-state index in [1.54, 1.807) is 11.3 Å². The molecule has 1 aromatic carbocycles. The highest BCUT2D eigenvalue weighted by Gasteiger charge is 2.13. The minimum Gasteiger partial charge on any atom is -0.466 e. The van der Waals surface area contributed by atoms with E-state index in [4.69, 9.17) is 4.74 Å². The highest BCUT2D eigenvalue weighted by atomic mass is 32.1. The normalized spacial score (nSPS) is 10.3. The fourth-order valence-electron chi connectivity index (χ4n) is 1.90. The lowest BCUT2D eigenvalue weighted by molar-refractivity contribution is -0.142. The van der Waals surface area contributed by atoms with Crippen LogP contribution in [0.3, 0.4) is 0 Å². The molecule has 2 rings (SSSR count). The summed E-state index contributed by atoms with van der Waals surface area (Å²) in [5.41, 5.74) is 2.22. The Kier molecular flexibility index (Phi) is 4.15. The van der Waals surface area contributed by atoms with E-state index in [0.29, 0.717) is 13.0 Å². The maximum atomic E-state index is 11.6. The number of esters is 1. The first-order chi connectivity index (χ1) is 8.70. The van der Waals surface area contributed by atoms with Crippen molar-refractivity contribution in [3.63, 3.8) is 0 Å². The Bertz CT molecular complexity index is 529. The van der Waals surface area contributed by atoms with Gasteiger partial charge < -0.3 is 4.74 Å². The average molecular weight is 260 g/mol. The lowest BCUT2D eigenvalue weighted by atomic mass is 10.1. The molecule has 0 bridgehead atoms. The van der Waals surface area contributed by atoms with Crippen molar-refractivity contribution in [2.24, 2.45) is 0 Å². The van der Waals surface area contributed by atoms with Gasteiger partial charge in [0.15, 0.2) is 0 Å². The van der Waals surface area contributed by atoms with Crippen LogP contribution in [0.1, 0.15) is 17.4 Å². The van der Waals surface area contributed by atoms with Crippen LogP contribution in [0.25, 0.3) is 10.4 Å². The lowest BCUT2D eigenvalue weighted by Gasteiger charge is -2.04. The highest BCUT2D eigenvalue weighted by Crippen LogP contribution is 2.32. The third-order valence-corrected chi connectivity index (χ3v) is 3.75. The second-order valence-corrected chi connectivity index (χ2v) is 5.32. The van der Waals surface area contributed by atoms with E-state index in [9.17, 15) is 4.79 Å². The molecule has 0 spiro atoms. The molecule has 94 valence electrons. The van der Waals surface area contributed by atoms with Gasteiger partial charge in [-0.05, 0) is 31.0 Å². The van der Waals surface area contributed by atoms with Crippen LogP contribution in [-0.2, 0) is 16.0 Å². The van der Waals surface area contributed by atoms with Crippen molar-refractivity contribution < 1.29 is 9.53 Å². The summed E-state index contributed by atoms with van der Waals surface area (Å²) in [4.78, 5) is 14.0. The van der Waals surface area contributed by atoms with Crippen molar-refractivity contribution in [1.82, 2.24) is 0 Å². The van der Waals surface area contributed by atoms with Crippen molar-refractivity contribution in [3.8, 4) is 10.4 Å². The van der Waals surface area contributed by atoms with Gasteiger partial charge in [-0.15, -0.1) is 11.3 Å². The molecule has 0 saturated heterocycles. The summed E-state index contributed by atoms with van der Waals surface area (Å²) in [6, 6.07) is 12.2. The number of benzene rings is 1. The number of thiophene rings is 1. The minimum absolute atomic E-state index is 0.160. The molecule has 0 saturated carbocycles. The van der Waals surface area contributed by atoms with Crippen molar-refractivity contribution in [1.29, 1.82) is 0 Å². The molecule has 2 nitrogen and oxygen atoms in total. The van der Waals surface area contributed by atoms with Gasteiger partial charge in [-0.3, -0.25) is 4.79 Å². The SMILES string of the molecule is CCOC(=O)Cc1cc(C)sc1-c1ccccc1. The standard InChI is InChI=1S/C15H16O2S/c1-3-17-14(16)10-13-9-11(2)18-15(13)12-7-5-4-6-8-12/h4-9H,3,10H2,1-2H3. The number of aryl methyl sites for hydroxylation is 1. The Hall–Kier alpha value is -1.61. The van der Waals surface area contributed by atoms with E-state index in [0.717, 1.165) is 11.1 Å². The third kappa shape index (κ3) is 2.99. The molecule has 0 aliphatic rings. The summed E-state index contributed by atoms with van der Waals surface area (Å²) in [6.45, 7) is 4.32. The molecule has 1 heterocycles. The van der Waals surface area contributed by atoms with Crippen LogP contribution < -0.4 is 0 Å². The van der Waals surface area contributed by atoms with Gasteiger partial charge in [-0.25, -0.2) is 0 Å². The van der Waals surface area contributed by atoms with E-state index in [-0.39, 0.29) is 5.97 Å². The first-order valence-electron chi connectivity index (χ1n) is 6.01. The molecule has 0 aliphatic carbocycles. The zero-order valence-electron chi connectivity index (χ0n) is 10.6. The quantitative estimate of drug-likeness (QED) is 0.781. The fraction of sp³-hybridized carbons (Fsp3) is 0.267. The van der Waals surface area contributed by atoms with E-state index in [1.165, 1.54) is 9.75 Å². The number of ether oxygens (including phenoxy) is 1. The number of carbonyl (C=O) groups excluding carboxylic acids is 1. The zero-order valence-corrected chi connectivity index (χ0v) is 11.4. The summed E-state index contributed by atoms with van der Waals surface area (Å²) in [7, 11) is 0. The molecule has 0 radical (unpaired) electrons. The molecular weight excluding hydrogens is 244 g/mol. The van der Waals surface area contributed by atoms with Crippen LogP contribution in [0.5, 0.6) is 0 Å². The van der Waals surface area contributed by atoms with E-state index in [1.807, 2.05) is 25.1 Å². The number of carbonyl (C=O) groups is 1. The van der Waals surface area contributed by atoms with Gasteiger partial charge in [-0.2, -0.15) is 0 Å². The summed E-state index contributed by atoms with van der Waals surface area (Å²) in [6.07, 6.45) is 0.350. The number of hydrogen-bond donors (Lipinski definition) is 0. The molecule has 0 fully saturated rings. The van der Waals surface area contributed by atoms with Gasteiger partial charge in [0.05, 0.1) is 13.0 Å². The zero-order chi connectivity index (χ0) is 13.0. The van der Waals surface area contributed by atoms with Crippen LogP contribution in [0, 0.1) is 6.92 Å². The fourth-order valence-corrected chi connectivity index (χ4v) is 2.94. The molecule has 0 aliphatic heterocycles. The van der Waals surface area contributed by atoms with Crippen molar-refractivity contribution in [3.05, 3.63) is 46.8 Å². The van der Waals surface area contributed by atoms with Crippen LogP contribution in [0.4, 0.5) is 0 Å². The van der Waals surface area contributed by atoms with E-state index >= 15 is 0 Å². The van der Waals surface area contributed by atoms with Gasteiger partial charge in [-0.1, -0.05) is 30.3 Å². The number of rotatable bonds is 4. The second-order valence-electron chi connectivity index (χ2n) is 4.06. The summed E-state index contributed by atoms with van der Waals surface area (Å²) < 4.78 is 5.01. The highest BCUT2D eigenvalue weighted by molar-refractivity contribution is 7.15. The van der Waals surface area contributed by atoms with Crippen molar-refractivity contribution in [2.75, 3.05) is 6.61 Å². The van der Waals surface area contributed by atoms with Gasteiger partial charge in [0.2, 0.25) is 0 Å². The Morgan fingerprint density at radius 3 is 2.67 bits per heavy atom. The van der Waals surface area contributed by atoms with Crippen LogP contribution in [0.2, 0.25) is 0 Å². The Morgan fingerprint density at radius 1 is 1.28 bits per heavy atom. The van der Waals surface area contributed by atoms with Gasteiger partial charge >= 0.3 is 5.97 Å². The average Bonchev–Trinajstić information content (AvgIpc) is 2.71. The molecule has 0 unspecified atom stereocenters. The van der Waals surface area contributed by atoms with Gasteiger partial charge in [0, 0.05) is 9.75 Å². The summed E-state index contributed by atoms with van der Waals surface area (Å²) in [5.74, 6) is -0.160. The Labute approximate surface area is 111 Å². The van der Waals surface area contributed by atoms with Crippen LogP contribution in [-0.4, -0.2) is 12.6 Å². The maximum Gasteiger partial charge on any atom is 0.310 e. The lowest BCUT2D eigenvalue weighted by Crippen LogP contribution is -2.07. The Morgan fingerprint density at radius 2 is 2.00 bits per heavy atom. The van der Waals surface area contributed by atoms with Crippen LogP contribution >= 0.6 is 11.3 Å². The predicted molar refractivity (Wildman–Crippen MR) is 74.8 cm³/mol. The Balaban J connectivity index is 2.29. The molecule has 18 heavy (non-hydrogen) atoms. The molecule has 3 heteroatoms. The topological polar surface area (TPSA) is 26.3 Å². The van der Waals surface area contributed by atoms with Crippen molar-refractivity contribution >= 4 is 17.3 Å². The molecular formula is C15H16O2S. The molecule has 0 N–H and O–H groups in total. The molecule has 2 aromatic rings. The predicted octanol–water partition coefficient (Wildman–Crippen LogP) is 3.83. The maximum absolute atomic E-state index is 11.6. The van der Waals surface area contributed by atoms with E-state index < -0.39 is 0 Å². The van der Waals surface area contributed by atoms with Gasteiger partial charge in [0.25, 0.3) is 0 Å². The summed E-state index contributed by atoms with van der Waals surface area (Å²) in [5, 5.41) is 0. The second kappa shape index (κ2) is 5.83. The molecule has 0 amide bonds. The monoisotopic (exact) mass is 260 g/mol. The number of hydrogen-bond acceptors (Lipinski definition) is 3. The first-order valence-corrected chi connectivity index (χ1v) is 6.82. The van der Waals surface area contributed by atoms with Crippen LogP contribution in [0.15, 0.2) is 36.4 Å². The molecule has 0 atom stereocenters. The molecule has 1 aromatic heterocycles. The first kappa shape index (κ1) is 12.8. The van der Waals surface area contributed by atoms with Gasteiger partial charge in [0.1, 0.15) is 0 Å². The third-order valence-electron chi connectivity index (χ3n) is 2.61. The largest absolute Gasteiger partial charge is 0.466 e.